The van der Waals surface area contributed by atoms with Crippen molar-refractivity contribution in [1.82, 2.24) is 9.66 Å². The van der Waals surface area contributed by atoms with Crippen LogP contribution in [0.2, 0.25) is 0 Å². The highest BCUT2D eigenvalue weighted by Crippen LogP contribution is 2.26. The summed E-state index contributed by atoms with van der Waals surface area (Å²) in [7, 11) is 0. The predicted molar refractivity (Wildman–Crippen MR) is 85.2 cm³/mol. The molecule has 2 heterocycles. The van der Waals surface area contributed by atoms with Crippen LogP contribution in [0.4, 0.5) is 5.69 Å². The van der Waals surface area contributed by atoms with Gasteiger partial charge in [-0.05, 0) is 50.6 Å². The summed E-state index contributed by atoms with van der Waals surface area (Å²) < 4.78 is 1.44. The van der Waals surface area contributed by atoms with Crippen LogP contribution in [0, 0.1) is 20.8 Å². The van der Waals surface area contributed by atoms with Crippen molar-refractivity contribution < 1.29 is 5.11 Å². The Hall–Kier alpha value is -2.34. The highest BCUT2D eigenvalue weighted by molar-refractivity contribution is 7.18. The van der Waals surface area contributed by atoms with Crippen LogP contribution in [0.3, 0.4) is 0 Å². The van der Waals surface area contributed by atoms with Gasteiger partial charge in [-0.1, -0.05) is 0 Å². The van der Waals surface area contributed by atoms with E-state index in [0.29, 0.717) is 16.9 Å². The summed E-state index contributed by atoms with van der Waals surface area (Å²) in [5.74, 6) is 0.782. The normalized spacial score (nSPS) is 11.0. The second kappa shape index (κ2) is 4.89. The first-order valence-corrected chi connectivity index (χ1v) is 7.34. The van der Waals surface area contributed by atoms with Gasteiger partial charge in [0.1, 0.15) is 16.4 Å². The van der Waals surface area contributed by atoms with Crippen molar-refractivity contribution >= 4 is 27.2 Å². The molecular formula is C15H15N3O2S. The Balaban J connectivity index is 2.16. The zero-order valence-electron chi connectivity index (χ0n) is 12.0. The first kappa shape index (κ1) is 13.6. The lowest BCUT2D eigenvalue weighted by atomic mass is 10.2. The number of fused-ring (bicyclic) bond motifs is 1. The minimum Gasteiger partial charge on any atom is -0.508 e. The number of rotatable bonds is 2. The van der Waals surface area contributed by atoms with E-state index in [-0.39, 0.29) is 11.3 Å². The molecule has 0 saturated carbocycles. The average molecular weight is 301 g/mol. The molecule has 108 valence electrons. The molecule has 2 N–H and O–H groups in total. The van der Waals surface area contributed by atoms with E-state index in [1.165, 1.54) is 16.0 Å². The van der Waals surface area contributed by atoms with Crippen molar-refractivity contribution in [2.75, 3.05) is 5.43 Å². The topological polar surface area (TPSA) is 67.2 Å². The number of phenols is 1. The van der Waals surface area contributed by atoms with Crippen molar-refractivity contribution in [3.8, 4) is 5.75 Å². The minimum atomic E-state index is -0.104. The molecule has 0 spiro atoms. The van der Waals surface area contributed by atoms with E-state index in [2.05, 4.69) is 10.4 Å². The van der Waals surface area contributed by atoms with Gasteiger partial charge < -0.3 is 5.11 Å². The predicted octanol–water partition coefficient (Wildman–Crippen LogP) is 2.96. The molecule has 6 heteroatoms. The number of thiophene rings is 1. The lowest BCUT2D eigenvalue weighted by molar-refractivity contribution is 0.475. The van der Waals surface area contributed by atoms with Gasteiger partial charge in [-0.3, -0.25) is 10.2 Å². The van der Waals surface area contributed by atoms with E-state index in [1.54, 1.807) is 31.2 Å². The van der Waals surface area contributed by atoms with Gasteiger partial charge in [-0.2, -0.15) is 0 Å². The molecule has 0 aliphatic carbocycles. The fourth-order valence-electron chi connectivity index (χ4n) is 2.19. The molecule has 0 saturated heterocycles. The zero-order valence-corrected chi connectivity index (χ0v) is 12.8. The molecule has 1 aromatic carbocycles. The summed E-state index contributed by atoms with van der Waals surface area (Å²) in [4.78, 5) is 19.1. The monoisotopic (exact) mass is 301 g/mol. The molecule has 3 aromatic rings. The largest absolute Gasteiger partial charge is 0.508 e. The van der Waals surface area contributed by atoms with E-state index in [4.69, 9.17) is 0 Å². The number of aromatic nitrogens is 2. The van der Waals surface area contributed by atoms with Gasteiger partial charge in [0.15, 0.2) is 0 Å². The van der Waals surface area contributed by atoms with Crippen LogP contribution in [0.15, 0.2) is 29.1 Å². The third-order valence-corrected chi connectivity index (χ3v) is 4.58. The first-order valence-electron chi connectivity index (χ1n) is 6.53. The molecule has 5 nitrogen and oxygen atoms in total. The van der Waals surface area contributed by atoms with E-state index in [9.17, 15) is 9.90 Å². The van der Waals surface area contributed by atoms with Crippen molar-refractivity contribution in [3.05, 3.63) is 50.9 Å². The fraction of sp³-hybridized carbons (Fsp3) is 0.200. The summed E-state index contributed by atoms with van der Waals surface area (Å²) >= 11 is 1.54. The van der Waals surface area contributed by atoms with Gasteiger partial charge in [0, 0.05) is 4.88 Å². The molecule has 2 aromatic heterocycles. The summed E-state index contributed by atoms with van der Waals surface area (Å²) in [6.07, 6.45) is 0. The van der Waals surface area contributed by atoms with Crippen LogP contribution in [0.5, 0.6) is 5.75 Å². The minimum absolute atomic E-state index is 0.104. The highest BCUT2D eigenvalue weighted by Gasteiger charge is 2.14. The summed E-state index contributed by atoms with van der Waals surface area (Å²) in [5, 5.41) is 9.97. The molecule has 0 unspecified atom stereocenters. The van der Waals surface area contributed by atoms with Gasteiger partial charge in [-0.15, -0.1) is 11.3 Å². The number of benzene rings is 1. The highest BCUT2D eigenvalue weighted by atomic mass is 32.1. The molecule has 0 radical (unpaired) electrons. The molecule has 0 fully saturated rings. The Labute approximate surface area is 125 Å². The average Bonchev–Trinajstić information content (AvgIpc) is 2.72. The molecule has 0 bridgehead atoms. The van der Waals surface area contributed by atoms with E-state index in [1.807, 2.05) is 13.8 Å². The molecule has 21 heavy (non-hydrogen) atoms. The van der Waals surface area contributed by atoms with E-state index in [0.717, 1.165) is 15.3 Å². The maximum absolute atomic E-state index is 12.7. The number of anilines is 1. The van der Waals surface area contributed by atoms with Crippen LogP contribution in [0.25, 0.3) is 10.2 Å². The van der Waals surface area contributed by atoms with Gasteiger partial charge in [0.25, 0.3) is 5.56 Å². The molecule has 3 rings (SSSR count). The van der Waals surface area contributed by atoms with Crippen LogP contribution in [-0.4, -0.2) is 14.8 Å². The lowest BCUT2D eigenvalue weighted by Gasteiger charge is -2.12. The summed E-state index contributed by atoms with van der Waals surface area (Å²) in [5.41, 5.74) is 4.62. The fourth-order valence-corrected chi connectivity index (χ4v) is 3.26. The lowest BCUT2D eigenvalue weighted by Crippen LogP contribution is -2.29. The van der Waals surface area contributed by atoms with Gasteiger partial charge in [0.05, 0.1) is 11.1 Å². The Bertz CT molecular complexity index is 879. The van der Waals surface area contributed by atoms with Crippen LogP contribution in [-0.2, 0) is 0 Å². The second-order valence-corrected chi connectivity index (χ2v) is 6.12. The summed E-state index contributed by atoms with van der Waals surface area (Å²) in [6.45, 7) is 5.73. The Kier molecular flexibility index (Phi) is 3.17. The standard InChI is InChI=1S/C15H15N3O2S/c1-8-9(2)21-14-13(8)15(20)18(10(3)16-14)17-11-4-6-12(19)7-5-11/h4-7,17,19H,1-3H3. The second-order valence-electron chi connectivity index (χ2n) is 4.92. The van der Waals surface area contributed by atoms with Crippen molar-refractivity contribution in [3.63, 3.8) is 0 Å². The van der Waals surface area contributed by atoms with Crippen molar-refractivity contribution in [2.45, 2.75) is 20.8 Å². The SMILES string of the molecule is Cc1sc2nc(C)n(Nc3ccc(O)cc3)c(=O)c2c1C. The number of hydrogen-bond acceptors (Lipinski definition) is 5. The third-order valence-electron chi connectivity index (χ3n) is 3.48. The number of aromatic hydroxyl groups is 1. The molecular weight excluding hydrogens is 286 g/mol. The third kappa shape index (κ3) is 2.27. The van der Waals surface area contributed by atoms with E-state index >= 15 is 0 Å². The van der Waals surface area contributed by atoms with Gasteiger partial charge >= 0.3 is 0 Å². The van der Waals surface area contributed by atoms with Crippen LogP contribution in [0.1, 0.15) is 16.3 Å². The summed E-state index contributed by atoms with van der Waals surface area (Å²) in [6, 6.07) is 6.54. The van der Waals surface area contributed by atoms with Crippen molar-refractivity contribution in [2.24, 2.45) is 0 Å². The van der Waals surface area contributed by atoms with Gasteiger partial charge in [0.2, 0.25) is 0 Å². The maximum Gasteiger partial charge on any atom is 0.281 e. The number of nitrogens with zero attached hydrogens (tertiary/aromatic N) is 2. The van der Waals surface area contributed by atoms with Crippen LogP contribution >= 0.6 is 11.3 Å². The first-order chi connectivity index (χ1) is 9.97. The number of phenolic OH excluding ortho intramolecular Hbond substituents is 1. The molecule has 0 aliphatic rings. The Morgan fingerprint density at radius 1 is 1.19 bits per heavy atom. The maximum atomic E-state index is 12.7. The van der Waals surface area contributed by atoms with Crippen molar-refractivity contribution in [1.29, 1.82) is 0 Å². The number of nitrogens with one attached hydrogen (secondary N) is 1. The Morgan fingerprint density at radius 3 is 2.52 bits per heavy atom. The van der Waals surface area contributed by atoms with Crippen LogP contribution < -0.4 is 11.0 Å². The quantitative estimate of drug-likeness (QED) is 0.714. The Morgan fingerprint density at radius 2 is 1.86 bits per heavy atom. The molecule has 0 amide bonds. The van der Waals surface area contributed by atoms with Gasteiger partial charge in [-0.25, -0.2) is 9.66 Å². The molecule has 0 aliphatic heterocycles. The number of hydrogen-bond donors (Lipinski definition) is 2. The smallest absolute Gasteiger partial charge is 0.281 e. The van der Waals surface area contributed by atoms with E-state index < -0.39 is 0 Å². The molecule has 0 atom stereocenters. The zero-order chi connectivity index (χ0) is 15.1. The number of aryl methyl sites for hydroxylation is 3.